The summed E-state index contributed by atoms with van der Waals surface area (Å²) in [7, 11) is 0. The smallest absolute Gasteiger partial charge is 0.298 e. The zero-order valence-corrected chi connectivity index (χ0v) is 8.54. The van der Waals surface area contributed by atoms with Crippen molar-refractivity contribution in [2.24, 2.45) is 0 Å². The van der Waals surface area contributed by atoms with Crippen molar-refractivity contribution in [1.82, 2.24) is 0 Å². The first kappa shape index (κ1) is 13.8. The Morgan fingerprint density at radius 1 is 1.00 bits per heavy atom. The molecule has 0 saturated carbocycles. The van der Waals surface area contributed by atoms with Crippen molar-refractivity contribution in [2.75, 3.05) is 0 Å². The second kappa shape index (κ2) is 4.21. The highest BCUT2D eigenvalue weighted by molar-refractivity contribution is 6.31. The van der Waals surface area contributed by atoms with Gasteiger partial charge in [0.25, 0.3) is 0 Å². The van der Waals surface area contributed by atoms with E-state index >= 15 is 0 Å². The first-order valence-electron chi connectivity index (χ1n) is 4.01. The molecule has 1 nitrogen and oxygen atoms in total. The molecule has 0 fully saturated rings. The molecule has 0 atom stereocenters. The van der Waals surface area contributed by atoms with Crippen molar-refractivity contribution in [3.63, 3.8) is 0 Å². The number of benzene rings is 1. The largest absolute Gasteiger partial charge is 0.418 e. The van der Waals surface area contributed by atoms with E-state index in [1.807, 2.05) is 0 Å². The molecular weight excluding hydrogens is 274 g/mol. The molecule has 1 aromatic carbocycles. The summed E-state index contributed by atoms with van der Waals surface area (Å²) in [5.41, 5.74) is -4.94. The molecule has 1 rings (SSSR count). The molecule has 1 aromatic rings. The third-order valence-electron chi connectivity index (χ3n) is 1.90. The average Bonchev–Trinajstić information content (AvgIpc) is 2.12. The van der Waals surface area contributed by atoms with Crippen molar-refractivity contribution < 1.29 is 31.1 Å². The first-order chi connectivity index (χ1) is 7.59. The van der Waals surface area contributed by atoms with E-state index in [4.69, 9.17) is 11.6 Å². The lowest BCUT2D eigenvalue weighted by molar-refractivity contribution is -0.143. The minimum atomic E-state index is -5.13. The van der Waals surface area contributed by atoms with Crippen LogP contribution >= 0.6 is 11.6 Å². The van der Waals surface area contributed by atoms with Gasteiger partial charge in [-0.15, -0.1) is 0 Å². The van der Waals surface area contributed by atoms with Gasteiger partial charge in [-0.2, -0.15) is 26.3 Å². The summed E-state index contributed by atoms with van der Waals surface area (Å²) >= 11 is 5.17. The van der Waals surface area contributed by atoms with Crippen LogP contribution in [-0.4, -0.2) is 6.29 Å². The molecule has 0 spiro atoms. The van der Waals surface area contributed by atoms with E-state index in [0.717, 1.165) is 0 Å². The van der Waals surface area contributed by atoms with Crippen LogP contribution < -0.4 is 0 Å². The Kier molecular flexibility index (Phi) is 3.42. The van der Waals surface area contributed by atoms with Crippen LogP contribution in [0.25, 0.3) is 0 Å². The quantitative estimate of drug-likeness (QED) is 0.555. The third-order valence-corrected chi connectivity index (χ3v) is 2.22. The molecule has 0 heterocycles. The van der Waals surface area contributed by atoms with Gasteiger partial charge in [-0.25, -0.2) is 0 Å². The van der Waals surface area contributed by atoms with Gasteiger partial charge in [0, 0.05) is 5.56 Å². The van der Waals surface area contributed by atoms with Crippen LogP contribution in [0.15, 0.2) is 12.1 Å². The summed E-state index contributed by atoms with van der Waals surface area (Å²) in [6.07, 6.45) is -10.7. The van der Waals surface area contributed by atoms with Gasteiger partial charge >= 0.3 is 12.4 Å². The van der Waals surface area contributed by atoms with Gasteiger partial charge in [0.2, 0.25) is 0 Å². The fourth-order valence-corrected chi connectivity index (χ4v) is 1.52. The van der Waals surface area contributed by atoms with Crippen LogP contribution in [0.5, 0.6) is 0 Å². The van der Waals surface area contributed by atoms with Crippen molar-refractivity contribution in [3.05, 3.63) is 33.8 Å². The zero-order chi connectivity index (χ0) is 13.4. The van der Waals surface area contributed by atoms with E-state index in [1.54, 1.807) is 0 Å². The van der Waals surface area contributed by atoms with E-state index in [9.17, 15) is 31.1 Å². The van der Waals surface area contributed by atoms with E-state index in [2.05, 4.69) is 0 Å². The summed E-state index contributed by atoms with van der Waals surface area (Å²) in [4.78, 5) is 10.4. The molecule has 0 radical (unpaired) electrons. The number of carbonyl (C=O) groups excluding carboxylic acids is 1. The molecule has 0 aliphatic rings. The van der Waals surface area contributed by atoms with Gasteiger partial charge in [0.15, 0.2) is 6.29 Å². The number of hydrogen-bond donors (Lipinski definition) is 0. The lowest BCUT2D eigenvalue weighted by Crippen LogP contribution is -2.16. The SMILES string of the molecule is O=Cc1c(C(F)(F)F)ccc(Cl)c1C(F)(F)F. The normalized spacial score (nSPS) is 12.6. The Morgan fingerprint density at radius 2 is 1.53 bits per heavy atom. The average molecular weight is 277 g/mol. The highest BCUT2D eigenvalue weighted by atomic mass is 35.5. The summed E-state index contributed by atoms with van der Waals surface area (Å²) in [5.74, 6) is 0. The predicted octanol–water partition coefficient (Wildman–Crippen LogP) is 4.19. The summed E-state index contributed by atoms with van der Waals surface area (Å²) in [5, 5.41) is -0.951. The standard InChI is InChI=1S/C9H3ClF6O/c10-6-2-1-5(8(11,12)13)4(3-17)7(6)9(14,15)16/h1-3H. The van der Waals surface area contributed by atoms with E-state index in [-0.39, 0.29) is 0 Å². The number of alkyl halides is 6. The summed E-state index contributed by atoms with van der Waals surface area (Å²) in [6.45, 7) is 0. The second-order valence-corrected chi connectivity index (χ2v) is 3.40. The highest BCUT2D eigenvalue weighted by Gasteiger charge is 2.42. The van der Waals surface area contributed by atoms with Gasteiger partial charge in [0.1, 0.15) is 0 Å². The number of rotatable bonds is 1. The Morgan fingerprint density at radius 3 is 1.88 bits per heavy atom. The summed E-state index contributed by atoms with van der Waals surface area (Å²) in [6, 6.07) is 0.793. The number of carbonyl (C=O) groups is 1. The second-order valence-electron chi connectivity index (χ2n) is 3.00. The van der Waals surface area contributed by atoms with Crippen LogP contribution in [0.3, 0.4) is 0 Å². The Balaban J connectivity index is 3.66. The minimum Gasteiger partial charge on any atom is -0.298 e. The van der Waals surface area contributed by atoms with Crippen molar-refractivity contribution >= 4 is 17.9 Å². The van der Waals surface area contributed by atoms with Gasteiger partial charge in [-0.1, -0.05) is 11.6 Å². The number of aldehydes is 1. The Bertz CT molecular complexity index is 448. The van der Waals surface area contributed by atoms with Gasteiger partial charge < -0.3 is 0 Å². The Labute approximate surface area is 96.0 Å². The molecule has 0 unspecified atom stereocenters. The summed E-state index contributed by atoms with van der Waals surface area (Å²) < 4.78 is 74.5. The lowest BCUT2D eigenvalue weighted by Gasteiger charge is -2.16. The third kappa shape index (κ3) is 2.71. The molecule has 0 saturated heterocycles. The van der Waals surface area contributed by atoms with E-state index in [1.165, 1.54) is 0 Å². The lowest BCUT2D eigenvalue weighted by atomic mass is 10.0. The van der Waals surface area contributed by atoms with Crippen LogP contribution in [-0.2, 0) is 12.4 Å². The van der Waals surface area contributed by atoms with Crippen molar-refractivity contribution in [1.29, 1.82) is 0 Å². The molecular formula is C9H3ClF6O. The monoisotopic (exact) mass is 276 g/mol. The molecule has 0 amide bonds. The zero-order valence-electron chi connectivity index (χ0n) is 7.79. The fraction of sp³-hybridized carbons (Fsp3) is 0.222. The number of hydrogen-bond acceptors (Lipinski definition) is 1. The Hall–Kier alpha value is -1.24. The van der Waals surface area contributed by atoms with Crippen molar-refractivity contribution in [3.8, 4) is 0 Å². The maximum atomic E-state index is 12.5. The number of halogens is 7. The van der Waals surface area contributed by atoms with Gasteiger partial charge in [-0.05, 0) is 12.1 Å². The molecule has 0 aliphatic heterocycles. The molecule has 94 valence electrons. The van der Waals surface area contributed by atoms with Gasteiger partial charge in [-0.3, -0.25) is 4.79 Å². The van der Waals surface area contributed by atoms with Gasteiger partial charge in [0.05, 0.1) is 16.1 Å². The highest BCUT2D eigenvalue weighted by Crippen LogP contribution is 2.41. The molecule has 17 heavy (non-hydrogen) atoms. The predicted molar refractivity (Wildman–Crippen MR) is 46.8 cm³/mol. The van der Waals surface area contributed by atoms with Crippen LogP contribution in [0.4, 0.5) is 26.3 Å². The van der Waals surface area contributed by atoms with Crippen LogP contribution in [0.2, 0.25) is 5.02 Å². The van der Waals surface area contributed by atoms with E-state index < -0.39 is 40.4 Å². The fourth-order valence-electron chi connectivity index (χ4n) is 1.25. The topological polar surface area (TPSA) is 17.1 Å². The van der Waals surface area contributed by atoms with Crippen LogP contribution in [0, 0.1) is 0 Å². The van der Waals surface area contributed by atoms with Crippen molar-refractivity contribution in [2.45, 2.75) is 12.4 Å². The molecule has 8 heteroatoms. The van der Waals surface area contributed by atoms with Crippen LogP contribution in [0.1, 0.15) is 21.5 Å². The first-order valence-corrected chi connectivity index (χ1v) is 4.39. The molecule has 0 N–H and O–H groups in total. The molecule has 0 aliphatic carbocycles. The maximum absolute atomic E-state index is 12.5. The molecule has 0 aromatic heterocycles. The minimum absolute atomic E-state index is 0.335. The maximum Gasteiger partial charge on any atom is 0.418 e. The molecule has 0 bridgehead atoms. The van der Waals surface area contributed by atoms with E-state index in [0.29, 0.717) is 12.1 Å².